The summed E-state index contributed by atoms with van der Waals surface area (Å²) in [5, 5.41) is 0. The molecule has 2 nitrogen and oxygen atoms in total. The van der Waals surface area contributed by atoms with Crippen molar-refractivity contribution in [2.24, 2.45) is 0 Å². The van der Waals surface area contributed by atoms with Crippen molar-refractivity contribution in [3.63, 3.8) is 0 Å². The Kier molecular flexibility index (Phi) is 6.55. The largest absolute Gasteiger partial charge is 0.411 e. The van der Waals surface area contributed by atoms with Crippen LogP contribution in [0.5, 0.6) is 0 Å². The smallest absolute Gasteiger partial charge is 0.348 e. The van der Waals surface area contributed by atoms with Gasteiger partial charge in [-0.25, -0.2) is 0 Å². The van der Waals surface area contributed by atoms with E-state index in [0.717, 1.165) is 0 Å². The van der Waals surface area contributed by atoms with Crippen LogP contribution < -0.4 is 0 Å². The fraction of sp³-hybridized carbons (Fsp3) is 1.00. The molecule has 8 heteroatoms. The number of hydrogen-bond acceptors (Lipinski definition) is 2. The fourth-order valence-electron chi connectivity index (χ4n) is 0.922. The lowest BCUT2D eigenvalue weighted by Crippen LogP contribution is -2.33. The van der Waals surface area contributed by atoms with Crippen molar-refractivity contribution >= 4 is 22.0 Å². The van der Waals surface area contributed by atoms with E-state index < -0.39 is 24.7 Å². The van der Waals surface area contributed by atoms with Crippen molar-refractivity contribution in [2.75, 3.05) is 6.61 Å². The quantitative estimate of drug-likeness (QED) is 0.510. The summed E-state index contributed by atoms with van der Waals surface area (Å²) in [4.78, 5) is 0. The van der Waals surface area contributed by atoms with E-state index in [4.69, 9.17) is 12.5 Å². The predicted molar refractivity (Wildman–Crippen MR) is 58.7 cm³/mol. The van der Waals surface area contributed by atoms with E-state index in [9.17, 15) is 13.2 Å². The molecule has 0 aliphatic heterocycles. The maximum absolute atomic E-state index is 11.9. The molecule has 1 atom stereocenters. The van der Waals surface area contributed by atoms with Crippen LogP contribution in [0.15, 0.2) is 0 Å². The zero-order valence-corrected chi connectivity index (χ0v) is 9.67. The first-order valence-electron chi connectivity index (χ1n) is 4.87. The first-order valence-corrected chi connectivity index (χ1v) is 4.87. The van der Waals surface area contributed by atoms with Gasteiger partial charge >= 0.3 is 6.18 Å². The van der Waals surface area contributed by atoms with E-state index in [2.05, 4.69) is 4.74 Å². The minimum Gasteiger partial charge on any atom is -0.348 e. The first-order chi connectivity index (χ1) is 7.14. The van der Waals surface area contributed by atoms with Crippen LogP contribution in [0.4, 0.5) is 13.2 Å². The van der Waals surface area contributed by atoms with Gasteiger partial charge in [-0.1, -0.05) is 0 Å². The molecule has 1 unspecified atom stereocenters. The molecule has 0 amide bonds. The van der Waals surface area contributed by atoms with Crippen LogP contribution in [0, 0.1) is 0 Å². The van der Waals surface area contributed by atoms with Gasteiger partial charge in [0.15, 0.2) is 6.29 Å². The van der Waals surface area contributed by atoms with Crippen LogP contribution in [-0.2, 0) is 9.47 Å². The van der Waals surface area contributed by atoms with Gasteiger partial charge in [0.05, 0.1) is 12.8 Å². The van der Waals surface area contributed by atoms with Gasteiger partial charge in [-0.2, -0.15) is 13.2 Å². The minimum atomic E-state index is -4.36. The van der Waals surface area contributed by atoms with Gasteiger partial charge in [-0.05, 0) is 27.1 Å². The zero-order valence-electron chi connectivity index (χ0n) is 9.67. The third-order valence-electron chi connectivity index (χ3n) is 1.38. The van der Waals surface area contributed by atoms with E-state index in [1.807, 2.05) is 0 Å². The highest BCUT2D eigenvalue weighted by molar-refractivity contribution is 7.23. The van der Waals surface area contributed by atoms with Crippen molar-refractivity contribution < 1.29 is 22.6 Å². The third-order valence-corrected chi connectivity index (χ3v) is 1.38. The topological polar surface area (TPSA) is 18.5 Å². The van der Waals surface area contributed by atoms with Crippen molar-refractivity contribution in [2.45, 2.75) is 45.2 Å². The summed E-state index contributed by atoms with van der Waals surface area (Å²) in [6.45, 7) is 3.89. The molecule has 0 heterocycles. The molecule has 0 aliphatic carbocycles. The SMILES string of the molecule is [B][B][B]CC(OCC(F)(F)F)OC(C)(C)C. The Labute approximate surface area is 97.1 Å². The van der Waals surface area contributed by atoms with Gasteiger partial charge in [-0.15, -0.1) is 0 Å². The Bertz CT molecular complexity index is 194. The molecule has 0 aromatic rings. The summed E-state index contributed by atoms with van der Waals surface area (Å²) in [7, 11) is 7.85. The number of halogens is 3. The molecule has 0 saturated heterocycles. The first kappa shape index (κ1) is 15.9. The Balaban J connectivity index is 4.10. The molecule has 88 valence electrons. The summed E-state index contributed by atoms with van der Waals surface area (Å²) in [5.74, 6) is 0. The predicted octanol–water partition coefficient (Wildman–Crippen LogP) is 1.53. The molecule has 0 bridgehead atoms. The normalized spacial score (nSPS) is 14.6. The lowest BCUT2D eigenvalue weighted by molar-refractivity contribution is -0.244. The molecule has 0 aromatic carbocycles. The second kappa shape index (κ2) is 6.59. The molecular weight excluding hydrogens is 218 g/mol. The van der Waals surface area contributed by atoms with Crippen molar-refractivity contribution in [1.29, 1.82) is 0 Å². The highest BCUT2D eigenvalue weighted by atomic mass is 19.4. The molecule has 16 heavy (non-hydrogen) atoms. The van der Waals surface area contributed by atoms with Gasteiger partial charge < -0.3 is 9.47 Å². The molecule has 0 saturated carbocycles. The number of hydrogen-bond donors (Lipinski definition) is 0. The van der Waals surface area contributed by atoms with Crippen LogP contribution in [0.1, 0.15) is 20.8 Å². The molecule has 0 spiro atoms. The molecule has 0 rings (SSSR count). The Morgan fingerprint density at radius 2 is 1.81 bits per heavy atom. The van der Waals surface area contributed by atoms with Crippen molar-refractivity contribution in [3.05, 3.63) is 0 Å². The Hall–Kier alpha value is -0.0952. The molecule has 0 aliphatic rings. The highest BCUT2D eigenvalue weighted by Crippen LogP contribution is 2.19. The van der Waals surface area contributed by atoms with Crippen LogP contribution in [0.3, 0.4) is 0 Å². The van der Waals surface area contributed by atoms with Gasteiger partial charge in [0.25, 0.3) is 0 Å². The maximum Gasteiger partial charge on any atom is 0.411 e. The second-order valence-electron chi connectivity index (χ2n) is 4.25. The number of alkyl halides is 3. The fourth-order valence-corrected chi connectivity index (χ4v) is 0.922. The van der Waals surface area contributed by atoms with Crippen LogP contribution in [0.2, 0.25) is 6.32 Å². The lowest BCUT2D eigenvalue weighted by atomic mass is 9.27. The standard InChI is InChI=1S/C8H14B3F3O2/c1-7(2,3)16-6(4-10-11-9)15-5-8(12,13)14/h6H,4-5H2,1-3H3. The summed E-state index contributed by atoms with van der Waals surface area (Å²) in [6.07, 6.45) is -5.11. The second-order valence-corrected chi connectivity index (χ2v) is 4.25. The maximum atomic E-state index is 11.9. The average Bonchev–Trinajstić information content (AvgIpc) is 2.06. The Morgan fingerprint density at radius 3 is 2.19 bits per heavy atom. The van der Waals surface area contributed by atoms with E-state index >= 15 is 0 Å². The molecule has 0 N–H and O–H groups in total. The van der Waals surface area contributed by atoms with E-state index in [1.54, 1.807) is 20.8 Å². The summed E-state index contributed by atoms with van der Waals surface area (Å²) in [6, 6.07) is 0. The van der Waals surface area contributed by atoms with Crippen LogP contribution in [-0.4, -0.2) is 46.6 Å². The lowest BCUT2D eigenvalue weighted by Gasteiger charge is -2.28. The van der Waals surface area contributed by atoms with Gasteiger partial charge in [-0.3, -0.25) is 0 Å². The van der Waals surface area contributed by atoms with Crippen LogP contribution >= 0.6 is 0 Å². The number of ether oxygens (including phenoxy) is 2. The van der Waals surface area contributed by atoms with Gasteiger partial charge in [0.2, 0.25) is 0 Å². The van der Waals surface area contributed by atoms with Gasteiger partial charge in [0, 0.05) is 14.8 Å². The summed E-state index contributed by atoms with van der Waals surface area (Å²) in [5.41, 5.74) is -0.571. The Morgan fingerprint density at radius 1 is 1.25 bits per heavy atom. The third kappa shape index (κ3) is 10.4. The van der Waals surface area contributed by atoms with Gasteiger partial charge in [0.1, 0.15) is 6.61 Å². The van der Waals surface area contributed by atoms with E-state index in [1.165, 1.54) is 14.2 Å². The molecule has 0 aromatic heterocycles. The van der Waals surface area contributed by atoms with Crippen LogP contribution in [0.25, 0.3) is 0 Å². The van der Waals surface area contributed by atoms with Crippen molar-refractivity contribution in [1.82, 2.24) is 0 Å². The number of rotatable bonds is 6. The van der Waals surface area contributed by atoms with E-state index in [-0.39, 0.29) is 6.32 Å². The highest BCUT2D eigenvalue weighted by Gasteiger charge is 2.30. The van der Waals surface area contributed by atoms with E-state index in [0.29, 0.717) is 0 Å². The minimum absolute atomic E-state index is 0.184. The summed E-state index contributed by atoms with van der Waals surface area (Å²) < 4.78 is 45.8. The summed E-state index contributed by atoms with van der Waals surface area (Å²) >= 11 is 0. The molecule has 4 radical (unpaired) electrons. The zero-order chi connectivity index (χ0) is 12.8. The monoisotopic (exact) mass is 232 g/mol. The molecular formula is C8H14B3F3O2. The molecule has 0 fully saturated rings. The average molecular weight is 232 g/mol. The van der Waals surface area contributed by atoms with Crippen molar-refractivity contribution in [3.8, 4) is 0 Å².